The van der Waals surface area contributed by atoms with Crippen LogP contribution >= 0.6 is 11.6 Å². The van der Waals surface area contributed by atoms with Crippen molar-refractivity contribution in [1.29, 1.82) is 0 Å². The van der Waals surface area contributed by atoms with Gasteiger partial charge in [0.1, 0.15) is 5.82 Å². The van der Waals surface area contributed by atoms with Crippen LogP contribution in [0.25, 0.3) is 0 Å². The van der Waals surface area contributed by atoms with Crippen molar-refractivity contribution in [3.8, 4) is 0 Å². The van der Waals surface area contributed by atoms with E-state index < -0.39 is 10.0 Å². The zero-order valence-electron chi connectivity index (χ0n) is 12.4. The summed E-state index contributed by atoms with van der Waals surface area (Å²) in [6.45, 7) is 3.78. The first-order chi connectivity index (χ1) is 10.4. The summed E-state index contributed by atoms with van der Waals surface area (Å²) in [6, 6.07) is 8.93. The Morgan fingerprint density at radius 3 is 2.64 bits per heavy atom. The highest BCUT2D eigenvalue weighted by Crippen LogP contribution is 2.23. The van der Waals surface area contributed by atoms with Crippen molar-refractivity contribution in [2.24, 2.45) is 0 Å². The molecule has 0 aliphatic rings. The summed E-state index contributed by atoms with van der Waals surface area (Å²) in [4.78, 5) is 4.21. The van der Waals surface area contributed by atoms with Gasteiger partial charge in [-0.05, 0) is 43.2 Å². The quantitative estimate of drug-likeness (QED) is 0.836. The normalized spacial score (nSPS) is 11.2. The molecule has 0 atom stereocenters. The maximum Gasteiger partial charge on any atom is 0.232 e. The number of anilines is 3. The summed E-state index contributed by atoms with van der Waals surface area (Å²) in [7, 11) is -3.30. The smallest absolute Gasteiger partial charge is 0.232 e. The highest BCUT2D eigenvalue weighted by Gasteiger charge is 2.09. The second kappa shape index (κ2) is 6.98. The fraction of sp³-hybridized carbons (Fsp3) is 0.267. The molecule has 1 heterocycles. The monoisotopic (exact) mass is 339 g/mol. The van der Waals surface area contributed by atoms with Crippen molar-refractivity contribution >= 4 is 38.8 Å². The first-order valence-electron chi connectivity index (χ1n) is 6.89. The Kier molecular flexibility index (Phi) is 5.26. The summed E-state index contributed by atoms with van der Waals surface area (Å²) >= 11 is 5.97. The van der Waals surface area contributed by atoms with Gasteiger partial charge in [0.05, 0.1) is 17.6 Å². The number of sulfonamides is 1. The minimum atomic E-state index is -3.30. The first-order valence-corrected chi connectivity index (χ1v) is 8.92. The van der Waals surface area contributed by atoms with E-state index in [4.69, 9.17) is 11.6 Å². The van der Waals surface area contributed by atoms with Crippen LogP contribution in [-0.4, -0.2) is 19.2 Å². The molecule has 0 aliphatic carbocycles. The van der Waals surface area contributed by atoms with E-state index in [0.29, 0.717) is 22.9 Å². The van der Waals surface area contributed by atoms with Crippen LogP contribution in [0.3, 0.4) is 0 Å². The highest BCUT2D eigenvalue weighted by molar-refractivity contribution is 7.92. The number of nitrogens with zero attached hydrogens (tertiary/aromatic N) is 1. The molecule has 5 nitrogen and oxygen atoms in total. The molecule has 0 fully saturated rings. The average molecular weight is 340 g/mol. The van der Waals surface area contributed by atoms with Gasteiger partial charge in [-0.25, -0.2) is 13.4 Å². The third-order valence-electron chi connectivity index (χ3n) is 2.97. The number of halogens is 1. The minimum Gasteiger partial charge on any atom is -0.340 e. The molecule has 0 radical (unpaired) electrons. The van der Waals surface area contributed by atoms with E-state index in [0.717, 1.165) is 11.3 Å². The van der Waals surface area contributed by atoms with Gasteiger partial charge in [0.25, 0.3) is 0 Å². The van der Waals surface area contributed by atoms with Gasteiger partial charge in [0, 0.05) is 10.7 Å². The van der Waals surface area contributed by atoms with Gasteiger partial charge in [-0.2, -0.15) is 0 Å². The molecule has 2 aromatic rings. The Hall–Kier alpha value is -1.79. The summed E-state index contributed by atoms with van der Waals surface area (Å²) in [5, 5.41) is 3.79. The van der Waals surface area contributed by atoms with Crippen LogP contribution in [0.1, 0.15) is 18.9 Å². The largest absolute Gasteiger partial charge is 0.340 e. The molecule has 118 valence electrons. The lowest BCUT2D eigenvalue weighted by Crippen LogP contribution is -2.16. The maximum atomic E-state index is 11.7. The van der Waals surface area contributed by atoms with Crippen molar-refractivity contribution < 1.29 is 8.42 Å². The molecule has 0 amide bonds. The zero-order chi connectivity index (χ0) is 16.2. The van der Waals surface area contributed by atoms with Crippen molar-refractivity contribution in [2.45, 2.75) is 20.3 Å². The van der Waals surface area contributed by atoms with Crippen molar-refractivity contribution in [1.82, 2.24) is 4.98 Å². The standard InChI is InChI=1S/C15H18ClN3O2S/c1-3-8-22(20,21)19-13-6-7-15(17-10-13)18-14-9-12(16)5-4-11(14)2/h4-7,9-10,19H,3,8H2,1-2H3,(H,17,18). The third-order valence-corrected chi connectivity index (χ3v) is 4.70. The van der Waals surface area contributed by atoms with Gasteiger partial charge in [-0.15, -0.1) is 0 Å². The lowest BCUT2D eigenvalue weighted by Gasteiger charge is -2.10. The van der Waals surface area contributed by atoms with Crippen LogP contribution in [0.2, 0.25) is 5.02 Å². The molecule has 7 heteroatoms. The first kappa shape index (κ1) is 16.6. The minimum absolute atomic E-state index is 0.0920. The third kappa shape index (κ3) is 4.61. The number of nitrogens with one attached hydrogen (secondary N) is 2. The van der Waals surface area contributed by atoms with E-state index in [9.17, 15) is 8.42 Å². The number of hydrogen-bond acceptors (Lipinski definition) is 4. The number of aromatic nitrogens is 1. The topological polar surface area (TPSA) is 71.1 Å². The molecule has 1 aromatic heterocycles. The van der Waals surface area contributed by atoms with E-state index >= 15 is 0 Å². The molecule has 0 spiro atoms. The summed E-state index contributed by atoms with van der Waals surface area (Å²) in [5.74, 6) is 0.707. The zero-order valence-corrected chi connectivity index (χ0v) is 14.0. The van der Waals surface area contributed by atoms with E-state index in [-0.39, 0.29) is 5.75 Å². The van der Waals surface area contributed by atoms with Crippen LogP contribution in [0.15, 0.2) is 36.5 Å². The van der Waals surface area contributed by atoms with Crippen LogP contribution in [0, 0.1) is 6.92 Å². The molecule has 0 unspecified atom stereocenters. The summed E-state index contributed by atoms with van der Waals surface area (Å²) in [5.41, 5.74) is 2.35. The molecule has 1 aromatic carbocycles. The molecule has 0 saturated carbocycles. The van der Waals surface area contributed by atoms with Gasteiger partial charge in [-0.1, -0.05) is 24.6 Å². The Morgan fingerprint density at radius 1 is 1.23 bits per heavy atom. The molecule has 0 aliphatic heterocycles. The number of rotatable bonds is 6. The van der Waals surface area contributed by atoms with Gasteiger partial charge < -0.3 is 5.32 Å². The Bertz CT molecular complexity index is 746. The SMILES string of the molecule is CCCS(=O)(=O)Nc1ccc(Nc2cc(Cl)ccc2C)nc1. The van der Waals surface area contributed by atoms with Crippen molar-refractivity contribution in [2.75, 3.05) is 15.8 Å². The predicted octanol–water partition coefficient (Wildman–Crippen LogP) is 3.94. The molecule has 2 rings (SSSR count). The Balaban J connectivity index is 2.11. The Morgan fingerprint density at radius 2 is 2.00 bits per heavy atom. The van der Waals surface area contributed by atoms with Crippen molar-refractivity contribution in [3.63, 3.8) is 0 Å². The molecular formula is C15H18ClN3O2S. The van der Waals surface area contributed by atoms with Gasteiger partial charge in [-0.3, -0.25) is 4.72 Å². The van der Waals surface area contributed by atoms with E-state index in [1.54, 1.807) is 12.1 Å². The lowest BCUT2D eigenvalue weighted by molar-refractivity contribution is 0.600. The van der Waals surface area contributed by atoms with Gasteiger partial charge >= 0.3 is 0 Å². The average Bonchev–Trinajstić information content (AvgIpc) is 2.44. The van der Waals surface area contributed by atoms with Crippen LogP contribution in [0.5, 0.6) is 0 Å². The number of pyridine rings is 1. The molecule has 22 heavy (non-hydrogen) atoms. The molecule has 0 bridgehead atoms. The van der Waals surface area contributed by atoms with E-state index in [1.807, 2.05) is 32.0 Å². The molecular weight excluding hydrogens is 322 g/mol. The molecule has 0 saturated heterocycles. The maximum absolute atomic E-state index is 11.7. The predicted molar refractivity (Wildman–Crippen MR) is 91.4 cm³/mol. The van der Waals surface area contributed by atoms with Crippen LogP contribution in [-0.2, 0) is 10.0 Å². The molecule has 2 N–H and O–H groups in total. The van der Waals surface area contributed by atoms with Gasteiger partial charge in [0.2, 0.25) is 10.0 Å². The number of hydrogen-bond donors (Lipinski definition) is 2. The number of aryl methyl sites for hydroxylation is 1. The summed E-state index contributed by atoms with van der Waals surface area (Å²) < 4.78 is 25.9. The van der Waals surface area contributed by atoms with Gasteiger partial charge in [0.15, 0.2) is 0 Å². The summed E-state index contributed by atoms with van der Waals surface area (Å²) in [6.07, 6.45) is 2.05. The van der Waals surface area contributed by atoms with Crippen molar-refractivity contribution in [3.05, 3.63) is 47.1 Å². The van der Waals surface area contributed by atoms with E-state index in [2.05, 4.69) is 15.0 Å². The number of benzene rings is 1. The Labute approximate surface area is 135 Å². The second-order valence-corrected chi connectivity index (χ2v) is 7.22. The van der Waals surface area contributed by atoms with Crippen LogP contribution in [0.4, 0.5) is 17.2 Å². The van der Waals surface area contributed by atoms with Crippen LogP contribution < -0.4 is 10.0 Å². The fourth-order valence-corrected chi connectivity index (χ4v) is 3.19. The fourth-order valence-electron chi connectivity index (χ4n) is 1.89. The lowest BCUT2D eigenvalue weighted by atomic mass is 10.2. The second-order valence-electron chi connectivity index (χ2n) is 4.94. The van der Waals surface area contributed by atoms with E-state index in [1.165, 1.54) is 6.20 Å². The highest BCUT2D eigenvalue weighted by atomic mass is 35.5.